The molecule has 0 unspecified atom stereocenters. The van der Waals surface area contributed by atoms with Crippen LogP contribution in [0.25, 0.3) is 0 Å². The Labute approximate surface area is 145 Å². The number of amides is 2. The SMILES string of the molecule is CCC(CC)(CN)C(=O)Nc1ccc(C(=O)NCC(C)C)cc1C. The highest BCUT2D eigenvalue weighted by atomic mass is 16.2. The fraction of sp³-hybridized carbons (Fsp3) is 0.579. The number of carbonyl (C=O) groups is 2. The average molecular weight is 333 g/mol. The monoisotopic (exact) mass is 333 g/mol. The van der Waals surface area contributed by atoms with E-state index in [2.05, 4.69) is 24.5 Å². The van der Waals surface area contributed by atoms with E-state index < -0.39 is 5.41 Å². The number of hydrogen-bond donors (Lipinski definition) is 3. The summed E-state index contributed by atoms with van der Waals surface area (Å²) in [4.78, 5) is 24.7. The number of hydrogen-bond acceptors (Lipinski definition) is 3. The molecule has 0 atom stereocenters. The first kappa shape index (κ1) is 20.2. The van der Waals surface area contributed by atoms with Gasteiger partial charge in [0.15, 0.2) is 0 Å². The maximum atomic E-state index is 12.6. The number of aryl methyl sites for hydroxylation is 1. The van der Waals surface area contributed by atoms with Crippen molar-refractivity contribution in [1.29, 1.82) is 0 Å². The zero-order valence-corrected chi connectivity index (χ0v) is 15.5. The lowest BCUT2D eigenvalue weighted by molar-refractivity contribution is -0.125. The summed E-state index contributed by atoms with van der Waals surface area (Å²) in [5, 5.41) is 5.86. The van der Waals surface area contributed by atoms with Gasteiger partial charge in [-0.15, -0.1) is 0 Å². The van der Waals surface area contributed by atoms with Crippen molar-refractivity contribution in [1.82, 2.24) is 5.32 Å². The summed E-state index contributed by atoms with van der Waals surface area (Å²) in [6, 6.07) is 5.32. The van der Waals surface area contributed by atoms with Crippen molar-refractivity contribution in [3.63, 3.8) is 0 Å². The van der Waals surface area contributed by atoms with Crippen LogP contribution in [-0.2, 0) is 4.79 Å². The molecule has 0 fully saturated rings. The highest BCUT2D eigenvalue weighted by Gasteiger charge is 2.33. The van der Waals surface area contributed by atoms with Crippen molar-refractivity contribution >= 4 is 17.5 Å². The molecule has 0 saturated carbocycles. The third-order valence-electron chi connectivity index (χ3n) is 4.63. The van der Waals surface area contributed by atoms with Crippen molar-refractivity contribution in [3.05, 3.63) is 29.3 Å². The summed E-state index contributed by atoms with van der Waals surface area (Å²) in [6.45, 7) is 10.9. The van der Waals surface area contributed by atoms with Crippen LogP contribution in [0.15, 0.2) is 18.2 Å². The van der Waals surface area contributed by atoms with E-state index in [0.29, 0.717) is 37.4 Å². The minimum atomic E-state index is -0.542. The molecule has 0 bridgehead atoms. The van der Waals surface area contributed by atoms with Crippen LogP contribution in [-0.4, -0.2) is 24.9 Å². The molecule has 4 N–H and O–H groups in total. The Morgan fingerprint density at radius 1 is 1.21 bits per heavy atom. The molecular formula is C19H31N3O2. The van der Waals surface area contributed by atoms with Crippen LogP contribution < -0.4 is 16.4 Å². The Bertz CT molecular complexity index is 570. The molecule has 0 saturated heterocycles. The van der Waals surface area contributed by atoms with Gasteiger partial charge < -0.3 is 16.4 Å². The zero-order valence-electron chi connectivity index (χ0n) is 15.5. The summed E-state index contributed by atoms with van der Waals surface area (Å²) < 4.78 is 0. The number of carbonyl (C=O) groups excluding carboxylic acids is 2. The van der Waals surface area contributed by atoms with Crippen LogP contribution >= 0.6 is 0 Å². The van der Waals surface area contributed by atoms with Crippen LogP contribution in [0.2, 0.25) is 0 Å². The second kappa shape index (κ2) is 8.83. The predicted octanol–water partition coefficient (Wildman–Crippen LogP) is 3.08. The Morgan fingerprint density at radius 2 is 1.83 bits per heavy atom. The minimum Gasteiger partial charge on any atom is -0.352 e. The molecule has 5 heteroatoms. The van der Waals surface area contributed by atoms with Gasteiger partial charge in [0.25, 0.3) is 5.91 Å². The average Bonchev–Trinajstić information content (AvgIpc) is 2.56. The quantitative estimate of drug-likeness (QED) is 0.683. The van der Waals surface area contributed by atoms with E-state index in [4.69, 9.17) is 5.73 Å². The van der Waals surface area contributed by atoms with Gasteiger partial charge in [-0.1, -0.05) is 27.7 Å². The Balaban J connectivity index is 2.89. The lowest BCUT2D eigenvalue weighted by atomic mass is 9.81. The fourth-order valence-corrected chi connectivity index (χ4v) is 2.55. The Morgan fingerprint density at radius 3 is 2.29 bits per heavy atom. The van der Waals surface area contributed by atoms with Crippen LogP contribution in [0, 0.1) is 18.3 Å². The third-order valence-corrected chi connectivity index (χ3v) is 4.63. The Hall–Kier alpha value is -1.88. The van der Waals surface area contributed by atoms with Gasteiger partial charge in [-0.3, -0.25) is 9.59 Å². The van der Waals surface area contributed by atoms with Crippen LogP contribution in [0.5, 0.6) is 0 Å². The number of nitrogens with one attached hydrogen (secondary N) is 2. The number of benzene rings is 1. The van der Waals surface area contributed by atoms with E-state index in [9.17, 15) is 9.59 Å². The van der Waals surface area contributed by atoms with Crippen molar-refractivity contribution in [3.8, 4) is 0 Å². The summed E-state index contributed by atoms with van der Waals surface area (Å²) in [5.41, 5.74) is 7.47. The molecule has 134 valence electrons. The molecule has 5 nitrogen and oxygen atoms in total. The molecule has 1 aromatic rings. The predicted molar refractivity (Wildman–Crippen MR) is 99.0 cm³/mol. The largest absolute Gasteiger partial charge is 0.352 e. The fourth-order valence-electron chi connectivity index (χ4n) is 2.55. The van der Waals surface area contributed by atoms with Gasteiger partial charge in [-0.2, -0.15) is 0 Å². The third kappa shape index (κ3) is 4.81. The maximum absolute atomic E-state index is 12.6. The maximum Gasteiger partial charge on any atom is 0.251 e. The molecule has 0 spiro atoms. The van der Waals surface area contributed by atoms with Crippen LogP contribution in [0.4, 0.5) is 5.69 Å². The van der Waals surface area contributed by atoms with E-state index in [-0.39, 0.29) is 11.8 Å². The molecule has 0 radical (unpaired) electrons. The van der Waals surface area contributed by atoms with Gasteiger partial charge in [0.2, 0.25) is 5.91 Å². The van der Waals surface area contributed by atoms with Gasteiger partial charge in [-0.25, -0.2) is 0 Å². The lowest BCUT2D eigenvalue weighted by Gasteiger charge is -2.28. The van der Waals surface area contributed by atoms with E-state index in [1.807, 2.05) is 20.8 Å². The summed E-state index contributed by atoms with van der Waals surface area (Å²) in [6.07, 6.45) is 1.39. The summed E-state index contributed by atoms with van der Waals surface area (Å²) >= 11 is 0. The second-order valence-corrected chi connectivity index (χ2v) is 6.78. The van der Waals surface area contributed by atoms with Gasteiger partial charge in [0, 0.05) is 24.3 Å². The van der Waals surface area contributed by atoms with Crippen molar-refractivity contribution in [2.75, 3.05) is 18.4 Å². The summed E-state index contributed by atoms with van der Waals surface area (Å²) in [5.74, 6) is 0.249. The molecule has 1 aromatic carbocycles. The molecule has 0 aliphatic heterocycles. The van der Waals surface area contributed by atoms with Gasteiger partial charge >= 0.3 is 0 Å². The highest BCUT2D eigenvalue weighted by Crippen LogP contribution is 2.28. The Kier molecular flexibility index (Phi) is 7.42. The summed E-state index contributed by atoms with van der Waals surface area (Å²) in [7, 11) is 0. The van der Waals surface area contributed by atoms with E-state index >= 15 is 0 Å². The molecule has 1 rings (SSSR count). The lowest BCUT2D eigenvalue weighted by Crippen LogP contribution is -2.41. The first-order valence-corrected chi connectivity index (χ1v) is 8.70. The highest BCUT2D eigenvalue weighted by molar-refractivity contribution is 5.98. The molecule has 24 heavy (non-hydrogen) atoms. The number of nitrogens with two attached hydrogens (primary N) is 1. The van der Waals surface area contributed by atoms with Crippen LogP contribution in [0.3, 0.4) is 0 Å². The van der Waals surface area contributed by atoms with Crippen molar-refractivity contribution < 1.29 is 9.59 Å². The minimum absolute atomic E-state index is 0.0601. The first-order valence-electron chi connectivity index (χ1n) is 8.70. The molecule has 0 aliphatic rings. The zero-order chi connectivity index (χ0) is 18.3. The molecule has 0 heterocycles. The van der Waals surface area contributed by atoms with E-state index in [0.717, 1.165) is 11.3 Å². The van der Waals surface area contributed by atoms with Gasteiger partial charge in [0.05, 0.1) is 5.41 Å². The van der Waals surface area contributed by atoms with Crippen molar-refractivity contribution in [2.24, 2.45) is 17.1 Å². The topological polar surface area (TPSA) is 84.2 Å². The smallest absolute Gasteiger partial charge is 0.251 e. The van der Waals surface area contributed by atoms with Crippen molar-refractivity contribution in [2.45, 2.75) is 47.5 Å². The number of rotatable bonds is 8. The molecule has 0 aromatic heterocycles. The van der Waals surface area contributed by atoms with Gasteiger partial charge in [0.1, 0.15) is 0 Å². The normalized spacial score (nSPS) is 11.5. The molecule has 0 aliphatic carbocycles. The number of anilines is 1. The molecular weight excluding hydrogens is 302 g/mol. The molecule has 2 amide bonds. The van der Waals surface area contributed by atoms with E-state index in [1.165, 1.54) is 0 Å². The van der Waals surface area contributed by atoms with Gasteiger partial charge in [-0.05, 0) is 49.4 Å². The van der Waals surface area contributed by atoms with E-state index in [1.54, 1.807) is 18.2 Å². The standard InChI is InChI=1S/C19H31N3O2/c1-6-19(7-2,12-20)18(24)22-16-9-8-15(10-14(16)5)17(23)21-11-13(3)4/h8-10,13H,6-7,11-12,20H2,1-5H3,(H,21,23)(H,22,24). The first-order chi connectivity index (χ1) is 11.3. The van der Waals surface area contributed by atoms with Crippen LogP contribution in [0.1, 0.15) is 56.5 Å². The second-order valence-electron chi connectivity index (χ2n) is 6.78.